The van der Waals surface area contributed by atoms with Crippen LogP contribution in [0.5, 0.6) is 11.5 Å². The predicted molar refractivity (Wildman–Crippen MR) is 85.3 cm³/mol. The molecule has 0 spiro atoms. The van der Waals surface area contributed by atoms with Crippen molar-refractivity contribution >= 4 is 5.91 Å². The minimum atomic E-state index is 0.201. The van der Waals surface area contributed by atoms with E-state index < -0.39 is 0 Å². The number of amides is 1. The van der Waals surface area contributed by atoms with Gasteiger partial charge in [-0.3, -0.25) is 4.79 Å². The molecule has 0 aromatic heterocycles. The van der Waals surface area contributed by atoms with Crippen molar-refractivity contribution in [2.45, 2.75) is 32.1 Å². The number of likely N-dealkylation sites (tertiary alicyclic amines) is 1. The summed E-state index contributed by atoms with van der Waals surface area (Å²) < 4.78 is 10.5. The summed E-state index contributed by atoms with van der Waals surface area (Å²) >= 11 is 0. The van der Waals surface area contributed by atoms with Gasteiger partial charge in [0.15, 0.2) is 11.5 Å². The summed E-state index contributed by atoms with van der Waals surface area (Å²) in [6.07, 6.45) is 5.12. The van der Waals surface area contributed by atoms with Gasteiger partial charge in [-0.25, -0.2) is 0 Å². The summed E-state index contributed by atoms with van der Waals surface area (Å²) in [6, 6.07) is 5.67. The van der Waals surface area contributed by atoms with Crippen LogP contribution in [0.3, 0.4) is 0 Å². The van der Waals surface area contributed by atoms with Crippen LogP contribution in [0, 0.1) is 0 Å². The van der Waals surface area contributed by atoms with E-state index in [4.69, 9.17) is 9.47 Å². The van der Waals surface area contributed by atoms with Crippen molar-refractivity contribution in [2.24, 2.45) is 0 Å². The lowest BCUT2D eigenvalue weighted by Crippen LogP contribution is -2.37. The second-order valence-corrected chi connectivity index (χ2v) is 5.95. The molecule has 0 radical (unpaired) electrons. The highest BCUT2D eigenvalue weighted by atomic mass is 16.5. The Balaban J connectivity index is 1.61. The number of hydrogen-bond acceptors (Lipinski definition) is 3. The quantitative estimate of drug-likeness (QED) is 0.803. The molecular weight excluding hydrogens is 278 g/mol. The number of allylic oxidation sites excluding steroid dienone is 1. The molecule has 1 saturated carbocycles. The van der Waals surface area contributed by atoms with Crippen LogP contribution in [0.2, 0.25) is 0 Å². The average molecular weight is 301 g/mol. The van der Waals surface area contributed by atoms with Crippen LogP contribution < -0.4 is 9.47 Å². The fraction of sp³-hybridized carbons (Fsp3) is 0.500. The van der Waals surface area contributed by atoms with Crippen LogP contribution in [0.1, 0.15) is 31.2 Å². The minimum Gasteiger partial charge on any atom is -0.493 e. The number of piperidine rings is 1. The number of methoxy groups -OCH3 is 2. The van der Waals surface area contributed by atoms with Crippen LogP contribution in [0.4, 0.5) is 0 Å². The topological polar surface area (TPSA) is 38.8 Å². The predicted octanol–water partition coefficient (Wildman–Crippen LogP) is 2.96. The summed E-state index contributed by atoms with van der Waals surface area (Å²) in [4.78, 5) is 14.4. The monoisotopic (exact) mass is 301 g/mol. The molecular formula is C18H23NO3. The van der Waals surface area contributed by atoms with E-state index in [0.29, 0.717) is 17.9 Å². The van der Waals surface area contributed by atoms with Gasteiger partial charge in [0.2, 0.25) is 5.91 Å². The summed E-state index contributed by atoms with van der Waals surface area (Å²) in [5.74, 6) is 1.57. The second-order valence-electron chi connectivity index (χ2n) is 5.95. The highest BCUT2D eigenvalue weighted by Gasteiger charge is 2.24. The summed E-state index contributed by atoms with van der Waals surface area (Å²) in [7, 11) is 3.23. The number of ether oxygens (including phenoxy) is 2. The molecule has 0 atom stereocenters. The van der Waals surface area contributed by atoms with Crippen molar-refractivity contribution in [3.63, 3.8) is 0 Å². The average Bonchev–Trinajstić information content (AvgIpc) is 3.39. The van der Waals surface area contributed by atoms with Gasteiger partial charge in [-0.2, -0.15) is 0 Å². The van der Waals surface area contributed by atoms with E-state index in [1.54, 1.807) is 25.4 Å². The first kappa shape index (κ1) is 14.9. The normalized spacial score (nSPS) is 17.5. The molecule has 2 fully saturated rings. The maximum Gasteiger partial charge on any atom is 0.227 e. The van der Waals surface area contributed by atoms with Gasteiger partial charge >= 0.3 is 0 Å². The number of nitrogens with zero attached hydrogens (tertiary/aromatic N) is 1. The van der Waals surface area contributed by atoms with E-state index >= 15 is 0 Å². The number of carbonyl (C=O) groups is 1. The maximum atomic E-state index is 12.5. The van der Waals surface area contributed by atoms with E-state index in [9.17, 15) is 4.79 Å². The molecule has 1 aliphatic carbocycles. The molecule has 1 aromatic rings. The largest absolute Gasteiger partial charge is 0.493 e. The van der Waals surface area contributed by atoms with E-state index in [2.05, 4.69) is 0 Å². The van der Waals surface area contributed by atoms with Crippen LogP contribution in [-0.4, -0.2) is 38.1 Å². The third-order valence-corrected chi connectivity index (χ3v) is 4.52. The number of benzene rings is 1. The Bertz CT molecular complexity index is 590. The van der Waals surface area contributed by atoms with E-state index in [0.717, 1.165) is 31.5 Å². The van der Waals surface area contributed by atoms with Gasteiger partial charge in [-0.1, -0.05) is 17.2 Å². The van der Waals surface area contributed by atoms with Crippen LogP contribution in [0.15, 0.2) is 29.3 Å². The molecule has 1 aromatic carbocycles. The number of carbonyl (C=O) groups excluding carboxylic acids is 1. The molecule has 1 amide bonds. The lowest BCUT2D eigenvalue weighted by atomic mass is 10.0. The van der Waals surface area contributed by atoms with Crippen molar-refractivity contribution in [1.29, 1.82) is 0 Å². The Morgan fingerprint density at radius 1 is 1.00 bits per heavy atom. The zero-order valence-electron chi connectivity index (χ0n) is 13.4. The fourth-order valence-corrected chi connectivity index (χ4v) is 3.07. The van der Waals surface area contributed by atoms with E-state index in [1.165, 1.54) is 12.8 Å². The molecule has 0 bridgehead atoms. The zero-order valence-corrected chi connectivity index (χ0v) is 13.4. The van der Waals surface area contributed by atoms with Gasteiger partial charge in [0, 0.05) is 13.1 Å². The summed E-state index contributed by atoms with van der Waals surface area (Å²) in [5.41, 5.74) is 4.22. The van der Waals surface area contributed by atoms with Gasteiger partial charge in [0.25, 0.3) is 0 Å². The second kappa shape index (κ2) is 6.42. The number of rotatable bonds is 4. The molecule has 1 saturated heterocycles. The number of hydrogen-bond donors (Lipinski definition) is 0. The molecule has 118 valence electrons. The molecule has 4 nitrogen and oxygen atoms in total. The first-order valence-electron chi connectivity index (χ1n) is 7.89. The van der Waals surface area contributed by atoms with Crippen molar-refractivity contribution in [2.75, 3.05) is 27.3 Å². The lowest BCUT2D eigenvalue weighted by molar-refractivity contribution is -0.130. The van der Waals surface area contributed by atoms with E-state index in [-0.39, 0.29) is 5.91 Å². The first-order chi connectivity index (χ1) is 10.7. The Kier molecular flexibility index (Phi) is 4.36. The lowest BCUT2D eigenvalue weighted by Gasteiger charge is -2.28. The Morgan fingerprint density at radius 3 is 2.23 bits per heavy atom. The van der Waals surface area contributed by atoms with Gasteiger partial charge < -0.3 is 14.4 Å². The summed E-state index contributed by atoms with van der Waals surface area (Å²) in [6.45, 7) is 1.73. The summed E-state index contributed by atoms with van der Waals surface area (Å²) in [5, 5.41) is 0. The molecule has 1 heterocycles. The van der Waals surface area contributed by atoms with E-state index in [1.807, 2.05) is 23.1 Å². The molecule has 22 heavy (non-hydrogen) atoms. The maximum absolute atomic E-state index is 12.5. The third kappa shape index (κ3) is 3.26. The van der Waals surface area contributed by atoms with Gasteiger partial charge in [0.1, 0.15) is 0 Å². The third-order valence-electron chi connectivity index (χ3n) is 4.52. The van der Waals surface area contributed by atoms with Gasteiger partial charge in [-0.15, -0.1) is 0 Å². The molecule has 2 aliphatic rings. The Labute approximate surface area is 131 Å². The van der Waals surface area contributed by atoms with Crippen molar-refractivity contribution in [3.05, 3.63) is 34.9 Å². The Morgan fingerprint density at radius 2 is 1.64 bits per heavy atom. The minimum absolute atomic E-state index is 0.201. The van der Waals surface area contributed by atoms with Crippen LogP contribution >= 0.6 is 0 Å². The fourth-order valence-electron chi connectivity index (χ4n) is 3.07. The van der Waals surface area contributed by atoms with Gasteiger partial charge in [0.05, 0.1) is 20.6 Å². The molecule has 3 rings (SSSR count). The van der Waals surface area contributed by atoms with Crippen molar-refractivity contribution < 1.29 is 14.3 Å². The van der Waals surface area contributed by atoms with Crippen molar-refractivity contribution in [3.8, 4) is 11.5 Å². The molecule has 4 heteroatoms. The zero-order chi connectivity index (χ0) is 15.5. The van der Waals surface area contributed by atoms with Crippen LogP contribution in [0.25, 0.3) is 0 Å². The molecule has 0 N–H and O–H groups in total. The SMILES string of the molecule is COc1ccc(CC(=O)N2CCC(=C3CC3)CC2)cc1OC. The first-order valence-corrected chi connectivity index (χ1v) is 7.89. The smallest absolute Gasteiger partial charge is 0.227 e. The standard InChI is InChI=1S/C18H23NO3/c1-21-16-6-3-13(11-17(16)22-2)12-18(20)19-9-7-15(8-10-19)14-4-5-14/h3,6,11H,4-5,7-10,12H2,1-2H3. The van der Waals surface area contributed by atoms with Crippen molar-refractivity contribution in [1.82, 2.24) is 4.90 Å². The molecule has 1 aliphatic heterocycles. The highest BCUT2D eigenvalue weighted by molar-refractivity contribution is 5.79. The molecule has 0 unspecified atom stereocenters. The Hall–Kier alpha value is -1.97. The van der Waals surface area contributed by atoms with Gasteiger partial charge in [-0.05, 0) is 43.4 Å². The van der Waals surface area contributed by atoms with Crippen LogP contribution in [-0.2, 0) is 11.2 Å². The highest BCUT2D eigenvalue weighted by Crippen LogP contribution is 2.36.